The van der Waals surface area contributed by atoms with Gasteiger partial charge in [-0.3, -0.25) is 23.4 Å². The van der Waals surface area contributed by atoms with E-state index in [1.807, 2.05) is 0 Å². The maximum atomic E-state index is 12.2. The molecular weight excluding hydrogens is 522 g/mol. The molecule has 2 aliphatic rings. The van der Waals surface area contributed by atoms with Crippen LogP contribution in [0.3, 0.4) is 0 Å². The largest absolute Gasteiger partial charge is 0.483 e. The number of hydrogen-bond donors (Lipinski definition) is 7. The number of aliphatic hydroxyl groups excluding tert-OH is 4. The number of aliphatic hydroxyl groups is 4. The van der Waals surface area contributed by atoms with Crippen LogP contribution in [-0.4, -0.2) is 89.3 Å². The summed E-state index contributed by atoms with van der Waals surface area (Å²) in [6, 6.07) is 0. The van der Waals surface area contributed by atoms with Gasteiger partial charge in [0.05, 0.1) is 18.8 Å². The molecule has 2 unspecified atom stereocenters. The predicted octanol–water partition coefficient (Wildman–Crippen LogP) is -2.43. The van der Waals surface area contributed by atoms with Crippen molar-refractivity contribution in [2.24, 2.45) is 0 Å². The third-order valence-electron chi connectivity index (χ3n) is 5.31. The second-order valence-electron chi connectivity index (χ2n) is 8.01. The molecule has 17 nitrogen and oxygen atoms in total. The van der Waals surface area contributed by atoms with Gasteiger partial charge in [-0.25, -0.2) is 13.9 Å². The number of phosphoric ester groups is 2. The quantitative estimate of drug-likeness (QED) is 0.167. The lowest BCUT2D eigenvalue weighted by atomic mass is 10.0. The van der Waals surface area contributed by atoms with Crippen LogP contribution in [-0.2, 0) is 32.0 Å². The Kier molecular flexibility index (Phi) is 8.56. The third kappa shape index (κ3) is 6.72. The SMILES string of the molecule is Cc1cn([C@H]2C[C@H](O)[C@@H](COP(=O)(O)OP(=O)(O)O[C@@H]3O[C@@H](C)[C@@H](O)[C@@H](O)[C@@H]3O)O2)c(=O)[nH]c1=O. The van der Waals surface area contributed by atoms with Gasteiger partial charge >= 0.3 is 21.3 Å². The van der Waals surface area contributed by atoms with Crippen LogP contribution in [0.1, 0.15) is 25.1 Å². The van der Waals surface area contributed by atoms with Crippen LogP contribution in [0.2, 0.25) is 0 Å². The monoisotopic (exact) mass is 548 g/mol. The number of H-pyrrole nitrogens is 1. The number of aromatic amines is 1. The van der Waals surface area contributed by atoms with Gasteiger partial charge in [0.1, 0.15) is 30.6 Å². The molecule has 3 rings (SSSR count). The molecule has 0 radical (unpaired) electrons. The first-order valence-corrected chi connectivity index (χ1v) is 13.1. The summed E-state index contributed by atoms with van der Waals surface area (Å²) < 4.78 is 49.0. The Morgan fingerprint density at radius 2 is 1.74 bits per heavy atom. The summed E-state index contributed by atoms with van der Waals surface area (Å²) in [5.41, 5.74) is -1.23. The Hall–Kier alpha value is -1.30. The molecule has 2 fully saturated rings. The van der Waals surface area contributed by atoms with Crippen molar-refractivity contribution in [3.63, 3.8) is 0 Å². The summed E-state index contributed by atoms with van der Waals surface area (Å²) in [6.45, 7) is 1.88. The van der Waals surface area contributed by atoms with Gasteiger partial charge in [0.25, 0.3) is 5.56 Å². The van der Waals surface area contributed by atoms with Crippen molar-refractivity contribution >= 4 is 15.6 Å². The van der Waals surface area contributed by atoms with Crippen LogP contribution >= 0.6 is 15.6 Å². The van der Waals surface area contributed by atoms with E-state index in [0.717, 1.165) is 4.57 Å². The van der Waals surface area contributed by atoms with E-state index in [-0.39, 0.29) is 12.0 Å². The molecule has 0 aromatic carbocycles. The molecule has 35 heavy (non-hydrogen) atoms. The van der Waals surface area contributed by atoms with Crippen molar-refractivity contribution in [1.29, 1.82) is 0 Å². The molecule has 7 N–H and O–H groups in total. The minimum Gasteiger partial charge on any atom is -0.390 e. The van der Waals surface area contributed by atoms with E-state index < -0.39 is 82.6 Å². The van der Waals surface area contributed by atoms with Gasteiger partial charge in [0.15, 0.2) is 6.29 Å². The third-order valence-corrected chi connectivity index (χ3v) is 7.91. The highest BCUT2D eigenvalue weighted by Gasteiger charge is 2.47. The first kappa shape index (κ1) is 28.3. The lowest BCUT2D eigenvalue weighted by Gasteiger charge is -2.38. The second-order valence-corrected chi connectivity index (χ2v) is 11.0. The molecule has 0 bridgehead atoms. The fourth-order valence-electron chi connectivity index (χ4n) is 3.41. The Labute approximate surface area is 196 Å². The zero-order valence-corrected chi connectivity index (χ0v) is 20.1. The van der Waals surface area contributed by atoms with Gasteiger partial charge < -0.3 is 39.7 Å². The topological polar surface area (TPSA) is 257 Å². The number of hydrogen-bond acceptors (Lipinski definition) is 13. The summed E-state index contributed by atoms with van der Waals surface area (Å²) >= 11 is 0. The zero-order chi connectivity index (χ0) is 26.3. The first-order valence-electron chi connectivity index (χ1n) is 10.2. The van der Waals surface area contributed by atoms with Crippen molar-refractivity contribution in [3.05, 3.63) is 32.6 Å². The highest BCUT2D eigenvalue weighted by molar-refractivity contribution is 7.61. The lowest BCUT2D eigenvalue weighted by Crippen LogP contribution is -2.57. The highest BCUT2D eigenvalue weighted by Crippen LogP contribution is 2.61. The molecule has 3 heterocycles. The molecule has 200 valence electrons. The molecule has 1 aromatic heterocycles. The Bertz CT molecular complexity index is 1120. The summed E-state index contributed by atoms with van der Waals surface area (Å²) in [7, 11) is -10.8. The van der Waals surface area contributed by atoms with Gasteiger partial charge in [0.2, 0.25) is 0 Å². The molecule has 2 saturated heterocycles. The average Bonchev–Trinajstić information content (AvgIpc) is 3.11. The zero-order valence-electron chi connectivity index (χ0n) is 18.3. The number of ether oxygens (including phenoxy) is 2. The summed E-state index contributed by atoms with van der Waals surface area (Å²) in [6.07, 6.45) is -11.0. The first-order chi connectivity index (χ1) is 16.1. The average molecular weight is 548 g/mol. The number of nitrogens with zero attached hydrogens (tertiary/aromatic N) is 1. The number of rotatable bonds is 8. The second kappa shape index (κ2) is 10.6. The van der Waals surface area contributed by atoms with Crippen molar-refractivity contribution in [3.8, 4) is 0 Å². The van der Waals surface area contributed by atoms with Gasteiger partial charge in [-0.15, -0.1) is 0 Å². The summed E-state index contributed by atoms with van der Waals surface area (Å²) in [5.74, 6) is 0. The van der Waals surface area contributed by atoms with Gasteiger partial charge in [0, 0.05) is 18.2 Å². The van der Waals surface area contributed by atoms with Crippen LogP contribution in [0.5, 0.6) is 0 Å². The molecule has 0 spiro atoms. The van der Waals surface area contributed by atoms with E-state index in [2.05, 4.69) is 18.3 Å². The molecule has 0 amide bonds. The van der Waals surface area contributed by atoms with Crippen molar-refractivity contribution in [2.45, 2.75) is 69.4 Å². The van der Waals surface area contributed by atoms with Gasteiger partial charge in [-0.2, -0.15) is 4.31 Å². The van der Waals surface area contributed by atoms with E-state index in [0.29, 0.717) is 0 Å². The van der Waals surface area contributed by atoms with Crippen LogP contribution in [0.4, 0.5) is 0 Å². The van der Waals surface area contributed by atoms with E-state index in [9.17, 15) is 48.9 Å². The molecule has 0 aliphatic carbocycles. The van der Waals surface area contributed by atoms with Gasteiger partial charge in [-0.1, -0.05) is 0 Å². The van der Waals surface area contributed by atoms with Crippen molar-refractivity contribution < 1.29 is 62.2 Å². The summed E-state index contributed by atoms with van der Waals surface area (Å²) in [5, 5.41) is 39.3. The van der Waals surface area contributed by atoms with Crippen LogP contribution in [0, 0.1) is 6.92 Å². The molecule has 2 aliphatic heterocycles. The predicted molar refractivity (Wildman–Crippen MR) is 111 cm³/mol. The maximum absolute atomic E-state index is 12.2. The van der Waals surface area contributed by atoms with E-state index in [4.69, 9.17) is 9.47 Å². The standard InChI is InChI=1S/C16H26N2O15P2/c1-6-4-18(16(24)17-14(6)23)10-3-8(19)9(31-10)5-29-34(25,26)33-35(27,28)32-15-13(22)12(21)11(20)7(2)30-15/h4,7-13,15,19-22H,3,5H2,1-2H3,(H,25,26)(H,27,28)(H,17,23,24)/t7-,8-,9+,10+,11+,12+,13-,15-/m0/s1. The maximum Gasteiger partial charge on any atom is 0.483 e. The van der Waals surface area contributed by atoms with E-state index in [1.165, 1.54) is 20.0 Å². The lowest BCUT2D eigenvalue weighted by molar-refractivity contribution is -0.271. The molecule has 10 atom stereocenters. The molecule has 1 aromatic rings. The smallest absolute Gasteiger partial charge is 0.390 e. The minimum absolute atomic E-state index is 0.152. The number of aromatic nitrogens is 2. The van der Waals surface area contributed by atoms with Crippen molar-refractivity contribution in [1.82, 2.24) is 9.55 Å². The molecule has 0 saturated carbocycles. The fourth-order valence-corrected chi connectivity index (χ4v) is 5.57. The minimum atomic E-state index is -5.44. The normalized spacial score (nSPS) is 37.0. The molecular formula is C16H26N2O15P2. The number of nitrogens with one attached hydrogen (secondary N) is 1. The van der Waals surface area contributed by atoms with Crippen LogP contribution < -0.4 is 11.2 Å². The van der Waals surface area contributed by atoms with Crippen LogP contribution in [0.25, 0.3) is 0 Å². The van der Waals surface area contributed by atoms with Gasteiger partial charge in [-0.05, 0) is 13.8 Å². The Balaban J connectivity index is 1.59. The summed E-state index contributed by atoms with van der Waals surface area (Å²) in [4.78, 5) is 45.2. The fraction of sp³-hybridized carbons (Fsp3) is 0.750. The number of phosphoric acid groups is 2. The van der Waals surface area contributed by atoms with Crippen LogP contribution in [0.15, 0.2) is 15.8 Å². The Morgan fingerprint density at radius 3 is 2.40 bits per heavy atom. The number of aryl methyl sites for hydroxylation is 1. The highest BCUT2D eigenvalue weighted by atomic mass is 31.3. The van der Waals surface area contributed by atoms with E-state index in [1.54, 1.807) is 0 Å². The van der Waals surface area contributed by atoms with Crippen molar-refractivity contribution in [2.75, 3.05) is 6.61 Å². The molecule has 19 heteroatoms. The van der Waals surface area contributed by atoms with E-state index >= 15 is 0 Å². The Morgan fingerprint density at radius 1 is 1.09 bits per heavy atom.